The van der Waals surface area contributed by atoms with Gasteiger partial charge in [0.15, 0.2) is 6.61 Å². The second kappa shape index (κ2) is 10.8. The standard InChI is InChI=1S/C25H24O6/c1-18-9-8-10-19(2)24(18)30-17-23(26)31-22-14-7-6-13-21(22)25(27)29-16-15-28-20-11-4-3-5-12-20/h3-14H,15-17H2,1-2H3. The number of hydrogen-bond donors (Lipinski definition) is 0. The molecule has 0 atom stereocenters. The summed E-state index contributed by atoms with van der Waals surface area (Å²) >= 11 is 0. The largest absolute Gasteiger partial charge is 0.490 e. The van der Waals surface area contributed by atoms with Crippen LogP contribution in [0.4, 0.5) is 0 Å². The van der Waals surface area contributed by atoms with E-state index in [0.29, 0.717) is 11.5 Å². The molecule has 3 aromatic rings. The fourth-order valence-corrected chi connectivity index (χ4v) is 2.92. The van der Waals surface area contributed by atoms with Crippen LogP contribution >= 0.6 is 0 Å². The first-order valence-electron chi connectivity index (χ1n) is 9.88. The van der Waals surface area contributed by atoms with Crippen LogP contribution in [0, 0.1) is 13.8 Å². The smallest absolute Gasteiger partial charge is 0.349 e. The van der Waals surface area contributed by atoms with Gasteiger partial charge in [-0.05, 0) is 49.2 Å². The fraction of sp³-hybridized carbons (Fsp3) is 0.200. The monoisotopic (exact) mass is 420 g/mol. The molecule has 0 N–H and O–H groups in total. The van der Waals surface area contributed by atoms with Crippen LogP contribution in [0.1, 0.15) is 21.5 Å². The molecule has 0 bridgehead atoms. The Bertz CT molecular complexity index is 1010. The molecule has 0 aliphatic carbocycles. The Morgan fingerprint density at radius 1 is 0.742 bits per heavy atom. The van der Waals surface area contributed by atoms with Crippen molar-refractivity contribution in [1.29, 1.82) is 0 Å². The van der Waals surface area contributed by atoms with Crippen molar-refractivity contribution in [3.8, 4) is 17.2 Å². The second-order valence-electron chi connectivity index (χ2n) is 6.78. The summed E-state index contributed by atoms with van der Waals surface area (Å²) in [7, 11) is 0. The average molecular weight is 420 g/mol. The van der Waals surface area contributed by atoms with Gasteiger partial charge in [-0.25, -0.2) is 9.59 Å². The van der Waals surface area contributed by atoms with Gasteiger partial charge in [-0.2, -0.15) is 0 Å². The SMILES string of the molecule is Cc1cccc(C)c1OCC(=O)Oc1ccccc1C(=O)OCCOc1ccccc1. The van der Waals surface area contributed by atoms with Crippen LogP contribution in [0.5, 0.6) is 17.2 Å². The maximum absolute atomic E-state index is 12.4. The van der Waals surface area contributed by atoms with Crippen molar-refractivity contribution in [3.05, 3.63) is 89.5 Å². The Morgan fingerprint density at radius 3 is 2.16 bits per heavy atom. The summed E-state index contributed by atoms with van der Waals surface area (Å²) in [6.45, 7) is 3.80. The normalized spacial score (nSPS) is 10.3. The average Bonchev–Trinajstić information content (AvgIpc) is 2.77. The van der Waals surface area contributed by atoms with Crippen molar-refractivity contribution in [3.63, 3.8) is 0 Å². The van der Waals surface area contributed by atoms with Gasteiger partial charge in [0.2, 0.25) is 0 Å². The number of benzene rings is 3. The maximum Gasteiger partial charge on any atom is 0.349 e. The quantitative estimate of drug-likeness (QED) is 0.288. The Kier molecular flexibility index (Phi) is 7.65. The van der Waals surface area contributed by atoms with E-state index >= 15 is 0 Å². The third kappa shape index (κ3) is 6.34. The molecular weight excluding hydrogens is 396 g/mol. The fourth-order valence-electron chi connectivity index (χ4n) is 2.92. The minimum atomic E-state index is -0.615. The Morgan fingerprint density at radius 2 is 1.42 bits per heavy atom. The molecule has 160 valence electrons. The first-order valence-corrected chi connectivity index (χ1v) is 9.88. The lowest BCUT2D eigenvalue weighted by Crippen LogP contribution is -2.20. The summed E-state index contributed by atoms with van der Waals surface area (Å²) in [6.07, 6.45) is 0. The summed E-state index contributed by atoms with van der Waals surface area (Å²) in [4.78, 5) is 24.7. The van der Waals surface area contributed by atoms with Gasteiger partial charge in [0, 0.05) is 0 Å². The summed E-state index contributed by atoms with van der Waals surface area (Å²) in [6, 6.07) is 21.4. The van der Waals surface area contributed by atoms with Gasteiger partial charge in [0.05, 0.1) is 0 Å². The molecule has 0 saturated carbocycles. The molecule has 0 aromatic heterocycles. The van der Waals surface area contributed by atoms with Crippen LogP contribution < -0.4 is 14.2 Å². The third-order valence-electron chi connectivity index (χ3n) is 4.40. The molecule has 0 fully saturated rings. The van der Waals surface area contributed by atoms with Crippen LogP contribution in [0.25, 0.3) is 0 Å². The number of aryl methyl sites for hydroxylation is 2. The van der Waals surface area contributed by atoms with E-state index in [4.69, 9.17) is 18.9 Å². The topological polar surface area (TPSA) is 71.1 Å². The van der Waals surface area contributed by atoms with Gasteiger partial charge >= 0.3 is 11.9 Å². The minimum absolute atomic E-state index is 0.0612. The van der Waals surface area contributed by atoms with Crippen molar-refractivity contribution in [1.82, 2.24) is 0 Å². The first-order chi connectivity index (χ1) is 15.0. The number of rotatable bonds is 9. The highest BCUT2D eigenvalue weighted by atomic mass is 16.6. The number of hydrogen-bond acceptors (Lipinski definition) is 6. The van der Waals surface area contributed by atoms with E-state index in [1.54, 1.807) is 12.1 Å². The van der Waals surface area contributed by atoms with E-state index in [1.807, 2.05) is 62.4 Å². The lowest BCUT2D eigenvalue weighted by molar-refractivity contribution is -0.136. The molecule has 6 heteroatoms. The first kappa shape index (κ1) is 21.9. The van der Waals surface area contributed by atoms with Gasteiger partial charge < -0.3 is 18.9 Å². The highest BCUT2D eigenvalue weighted by Crippen LogP contribution is 2.23. The number of carbonyl (C=O) groups excluding carboxylic acids is 2. The van der Waals surface area contributed by atoms with E-state index in [0.717, 1.165) is 11.1 Å². The zero-order valence-electron chi connectivity index (χ0n) is 17.5. The molecular formula is C25H24O6. The van der Waals surface area contributed by atoms with Crippen molar-refractivity contribution in [2.75, 3.05) is 19.8 Å². The lowest BCUT2D eigenvalue weighted by atomic mass is 10.1. The van der Waals surface area contributed by atoms with Crippen molar-refractivity contribution in [2.45, 2.75) is 13.8 Å². The summed E-state index contributed by atoms with van der Waals surface area (Å²) in [5, 5.41) is 0. The molecule has 0 amide bonds. The third-order valence-corrected chi connectivity index (χ3v) is 4.40. The van der Waals surface area contributed by atoms with E-state index in [1.165, 1.54) is 12.1 Å². The molecule has 0 aliphatic heterocycles. The highest BCUT2D eigenvalue weighted by Gasteiger charge is 2.17. The highest BCUT2D eigenvalue weighted by molar-refractivity contribution is 5.93. The molecule has 0 radical (unpaired) electrons. The van der Waals surface area contributed by atoms with E-state index in [-0.39, 0.29) is 31.1 Å². The second-order valence-corrected chi connectivity index (χ2v) is 6.78. The zero-order chi connectivity index (χ0) is 22.1. The van der Waals surface area contributed by atoms with Crippen molar-refractivity contribution < 1.29 is 28.5 Å². The summed E-state index contributed by atoms with van der Waals surface area (Å²) < 4.78 is 21.7. The maximum atomic E-state index is 12.4. The predicted octanol–water partition coefficient (Wildman–Crippen LogP) is 4.52. The van der Waals surface area contributed by atoms with Crippen LogP contribution in [0.2, 0.25) is 0 Å². The summed E-state index contributed by atoms with van der Waals surface area (Å²) in [5.41, 5.74) is 2.01. The van der Waals surface area contributed by atoms with Crippen LogP contribution in [-0.2, 0) is 9.53 Å². The number of para-hydroxylation sites is 3. The van der Waals surface area contributed by atoms with E-state index in [9.17, 15) is 9.59 Å². The number of ether oxygens (including phenoxy) is 4. The van der Waals surface area contributed by atoms with Gasteiger partial charge in [-0.3, -0.25) is 0 Å². The van der Waals surface area contributed by atoms with Gasteiger partial charge in [-0.1, -0.05) is 48.5 Å². The van der Waals surface area contributed by atoms with Crippen LogP contribution in [0.15, 0.2) is 72.8 Å². The molecule has 31 heavy (non-hydrogen) atoms. The lowest BCUT2D eigenvalue weighted by Gasteiger charge is -2.13. The zero-order valence-corrected chi connectivity index (χ0v) is 17.5. The molecule has 0 heterocycles. The van der Waals surface area contributed by atoms with Gasteiger partial charge in [0.1, 0.15) is 36.0 Å². The predicted molar refractivity (Wildman–Crippen MR) is 116 cm³/mol. The van der Waals surface area contributed by atoms with Crippen LogP contribution in [0.3, 0.4) is 0 Å². The molecule has 0 saturated heterocycles. The summed E-state index contributed by atoms with van der Waals surface area (Å²) in [5.74, 6) is 0.236. The van der Waals surface area contributed by atoms with Crippen molar-refractivity contribution in [2.24, 2.45) is 0 Å². The van der Waals surface area contributed by atoms with Gasteiger partial charge in [0.25, 0.3) is 0 Å². The number of carbonyl (C=O) groups is 2. The Balaban J connectivity index is 1.53. The molecule has 3 aromatic carbocycles. The molecule has 6 nitrogen and oxygen atoms in total. The van der Waals surface area contributed by atoms with Crippen molar-refractivity contribution >= 4 is 11.9 Å². The molecule has 0 aliphatic rings. The van der Waals surface area contributed by atoms with Crippen LogP contribution in [-0.4, -0.2) is 31.8 Å². The van der Waals surface area contributed by atoms with E-state index in [2.05, 4.69) is 0 Å². The Hall–Kier alpha value is -3.80. The minimum Gasteiger partial charge on any atom is -0.490 e. The van der Waals surface area contributed by atoms with E-state index < -0.39 is 11.9 Å². The van der Waals surface area contributed by atoms with Gasteiger partial charge in [-0.15, -0.1) is 0 Å². The Labute approximate surface area is 181 Å². The molecule has 0 spiro atoms. The number of esters is 2. The molecule has 0 unspecified atom stereocenters. The molecule has 3 rings (SSSR count).